The van der Waals surface area contributed by atoms with Crippen LogP contribution in [0.4, 0.5) is 8.78 Å². The SMILES string of the molecule is CC(C)CN1CCC(O)(Cc2ccc(F)cc2F)C1. The van der Waals surface area contributed by atoms with Crippen LogP contribution >= 0.6 is 0 Å². The smallest absolute Gasteiger partial charge is 0.129 e. The molecule has 1 aliphatic heterocycles. The van der Waals surface area contributed by atoms with Gasteiger partial charge >= 0.3 is 0 Å². The highest BCUT2D eigenvalue weighted by Crippen LogP contribution is 2.27. The zero-order valence-electron chi connectivity index (χ0n) is 11.5. The molecule has 0 saturated carbocycles. The van der Waals surface area contributed by atoms with E-state index in [1.165, 1.54) is 12.1 Å². The van der Waals surface area contributed by atoms with Crippen LogP contribution in [0.5, 0.6) is 0 Å². The highest BCUT2D eigenvalue weighted by molar-refractivity contribution is 5.21. The molecule has 0 radical (unpaired) electrons. The maximum atomic E-state index is 13.6. The number of β-amino-alcohol motifs (C(OH)–C–C–N with tert-alkyl or cyclic N) is 1. The second-order valence-corrected chi connectivity index (χ2v) is 6.02. The van der Waals surface area contributed by atoms with Crippen molar-refractivity contribution in [2.75, 3.05) is 19.6 Å². The van der Waals surface area contributed by atoms with Crippen LogP contribution in [0.15, 0.2) is 18.2 Å². The molecule has 1 aliphatic rings. The summed E-state index contributed by atoms with van der Waals surface area (Å²) < 4.78 is 26.5. The maximum Gasteiger partial charge on any atom is 0.129 e. The van der Waals surface area contributed by atoms with Crippen LogP contribution in [-0.2, 0) is 6.42 Å². The van der Waals surface area contributed by atoms with Gasteiger partial charge in [-0.3, -0.25) is 0 Å². The van der Waals surface area contributed by atoms with Gasteiger partial charge in [-0.1, -0.05) is 19.9 Å². The quantitative estimate of drug-likeness (QED) is 0.908. The molecule has 0 aliphatic carbocycles. The van der Waals surface area contributed by atoms with E-state index in [1.807, 2.05) is 0 Å². The molecule has 1 heterocycles. The molecule has 1 saturated heterocycles. The fourth-order valence-electron chi connectivity index (χ4n) is 2.78. The fraction of sp³-hybridized carbons (Fsp3) is 0.600. The lowest BCUT2D eigenvalue weighted by Gasteiger charge is -2.24. The topological polar surface area (TPSA) is 23.5 Å². The summed E-state index contributed by atoms with van der Waals surface area (Å²) in [4.78, 5) is 2.20. The minimum Gasteiger partial charge on any atom is -0.388 e. The third kappa shape index (κ3) is 3.74. The van der Waals surface area contributed by atoms with Gasteiger partial charge in [0.25, 0.3) is 0 Å². The molecule has 1 fully saturated rings. The number of hydrogen-bond donors (Lipinski definition) is 1. The first kappa shape index (κ1) is 14.4. The summed E-state index contributed by atoms with van der Waals surface area (Å²) in [6.07, 6.45) is 0.879. The van der Waals surface area contributed by atoms with E-state index < -0.39 is 17.2 Å². The molecule has 19 heavy (non-hydrogen) atoms. The van der Waals surface area contributed by atoms with Crippen molar-refractivity contribution in [1.82, 2.24) is 4.90 Å². The summed E-state index contributed by atoms with van der Waals surface area (Å²) in [5.41, 5.74) is -0.511. The van der Waals surface area contributed by atoms with Crippen molar-refractivity contribution in [1.29, 1.82) is 0 Å². The van der Waals surface area contributed by atoms with Crippen LogP contribution < -0.4 is 0 Å². The van der Waals surface area contributed by atoms with E-state index in [1.54, 1.807) is 0 Å². The van der Waals surface area contributed by atoms with Crippen molar-refractivity contribution >= 4 is 0 Å². The number of nitrogens with zero attached hydrogens (tertiary/aromatic N) is 1. The third-order valence-corrected chi connectivity index (χ3v) is 3.57. The molecule has 0 aromatic heterocycles. The van der Waals surface area contributed by atoms with Gasteiger partial charge in [0.2, 0.25) is 0 Å². The molecular formula is C15H21F2NO. The van der Waals surface area contributed by atoms with Crippen LogP contribution in [0.2, 0.25) is 0 Å². The first-order valence-electron chi connectivity index (χ1n) is 6.77. The zero-order valence-corrected chi connectivity index (χ0v) is 11.5. The van der Waals surface area contributed by atoms with Crippen LogP contribution in [0, 0.1) is 17.6 Å². The Morgan fingerprint density at radius 1 is 1.37 bits per heavy atom. The Balaban J connectivity index is 2.02. The molecule has 0 amide bonds. The van der Waals surface area contributed by atoms with Gasteiger partial charge in [-0.15, -0.1) is 0 Å². The summed E-state index contributed by atoms with van der Waals surface area (Å²) >= 11 is 0. The van der Waals surface area contributed by atoms with Gasteiger partial charge in [0.05, 0.1) is 5.60 Å². The van der Waals surface area contributed by atoms with E-state index in [4.69, 9.17) is 0 Å². The highest BCUT2D eigenvalue weighted by atomic mass is 19.1. The van der Waals surface area contributed by atoms with E-state index in [0.717, 1.165) is 19.2 Å². The van der Waals surface area contributed by atoms with E-state index in [-0.39, 0.29) is 6.42 Å². The van der Waals surface area contributed by atoms with Gasteiger partial charge in [-0.05, 0) is 24.0 Å². The largest absolute Gasteiger partial charge is 0.388 e. The van der Waals surface area contributed by atoms with Crippen LogP contribution in [0.25, 0.3) is 0 Å². The summed E-state index contributed by atoms with van der Waals surface area (Å²) in [5.74, 6) is -0.610. The van der Waals surface area contributed by atoms with E-state index in [2.05, 4.69) is 18.7 Å². The minimum absolute atomic E-state index is 0.244. The Bertz CT molecular complexity index is 450. The van der Waals surface area contributed by atoms with Crippen molar-refractivity contribution in [3.8, 4) is 0 Å². The van der Waals surface area contributed by atoms with Gasteiger partial charge in [0, 0.05) is 32.1 Å². The van der Waals surface area contributed by atoms with Gasteiger partial charge in [-0.2, -0.15) is 0 Å². The van der Waals surface area contributed by atoms with Crippen molar-refractivity contribution in [3.05, 3.63) is 35.4 Å². The Morgan fingerprint density at radius 2 is 2.11 bits per heavy atom. The molecule has 4 heteroatoms. The van der Waals surface area contributed by atoms with Crippen LogP contribution in [0.3, 0.4) is 0 Å². The zero-order chi connectivity index (χ0) is 14.0. The lowest BCUT2D eigenvalue weighted by molar-refractivity contribution is 0.0476. The van der Waals surface area contributed by atoms with Crippen molar-refractivity contribution in [2.24, 2.45) is 5.92 Å². The molecule has 2 nitrogen and oxygen atoms in total. The predicted octanol–water partition coefficient (Wildman–Crippen LogP) is 2.60. The second-order valence-electron chi connectivity index (χ2n) is 6.02. The average Bonchev–Trinajstić information content (AvgIpc) is 2.64. The first-order valence-corrected chi connectivity index (χ1v) is 6.77. The van der Waals surface area contributed by atoms with Gasteiger partial charge in [0.15, 0.2) is 0 Å². The number of hydrogen-bond acceptors (Lipinski definition) is 2. The number of rotatable bonds is 4. The molecule has 1 N–H and O–H groups in total. The molecule has 106 valence electrons. The highest BCUT2D eigenvalue weighted by Gasteiger charge is 2.36. The second kappa shape index (κ2) is 5.55. The lowest BCUT2D eigenvalue weighted by atomic mass is 9.93. The number of aliphatic hydroxyl groups is 1. The Labute approximate surface area is 113 Å². The number of benzene rings is 1. The van der Waals surface area contributed by atoms with E-state index in [0.29, 0.717) is 24.4 Å². The van der Waals surface area contributed by atoms with Crippen molar-refractivity contribution in [2.45, 2.75) is 32.3 Å². The van der Waals surface area contributed by atoms with Crippen LogP contribution in [0.1, 0.15) is 25.8 Å². The number of likely N-dealkylation sites (tertiary alicyclic amines) is 1. The molecule has 1 aromatic carbocycles. The van der Waals surface area contributed by atoms with E-state index >= 15 is 0 Å². The fourth-order valence-corrected chi connectivity index (χ4v) is 2.78. The molecule has 2 rings (SSSR count). The standard InChI is InChI=1S/C15H21F2NO/c1-11(2)9-18-6-5-15(19,10-18)8-12-3-4-13(16)7-14(12)17/h3-4,7,11,19H,5-6,8-10H2,1-2H3. The van der Waals surface area contributed by atoms with Crippen LogP contribution in [-0.4, -0.2) is 35.2 Å². The molecule has 1 atom stereocenters. The predicted molar refractivity (Wildman–Crippen MR) is 70.9 cm³/mol. The summed E-state index contributed by atoms with van der Waals surface area (Å²) in [5, 5.41) is 10.5. The minimum atomic E-state index is -0.895. The molecular weight excluding hydrogens is 248 g/mol. The third-order valence-electron chi connectivity index (χ3n) is 3.57. The summed E-state index contributed by atoms with van der Waals surface area (Å²) in [6, 6.07) is 3.54. The summed E-state index contributed by atoms with van der Waals surface area (Å²) in [7, 11) is 0. The maximum absolute atomic E-state index is 13.6. The normalized spacial score (nSPS) is 24.3. The Kier molecular flexibility index (Phi) is 4.21. The van der Waals surface area contributed by atoms with Gasteiger partial charge in [-0.25, -0.2) is 8.78 Å². The summed E-state index contributed by atoms with van der Waals surface area (Å²) in [6.45, 7) is 6.60. The molecule has 0 spiro atoms. The Morgan fingerprint density at radius 3 is 2.74 bits per heavy atom. The molecule has 1 unspecified atom stereocenters. The van der Waals surface area contributed by atoms with Crippen molar-refractivity contribution < 1.29 is 13.9 Å². The monoisotopic (exact) mass is 269 g/mol. The first-order chi connectivity index (χ1) is 8.88. The van der Waals surface area contributed by atoms with Gasteiger partial charge < -0.3 is 10.0 Å². The average molecular weight is 269 g/mol. The Hall–Kier alpha value is -1.00. The van der Waals surface area contributed by atoms with E-state index in [9.17, 15) is 13.9 Å². The molecule has 0 bridgehead atoms. The number of halogens is 2. The van der Waals surface area contributed by atoms with Crippen molar-refractivity contribution in [3.63, 3.8) is 0 Å². The van der Waals surface area contributed by atoms with Gasteiger partial charge in [0.1, 0.15) is 11.6 Å². The molecule has 1 aromatic rings. The lowest BCUT2D eigenvalue weighted by Crippen LogP contribution is -2.36.